The molecule has 1 aliphatic heterocycles. The number of carbonyl (C=O) groups excluding carboxylic acids is 1. The van der Waals surface area contributed by atoms with Crippen LogP contribution in [0.3, 0.4) is 0 Å². The first kappa shape index (κ1) is 18.5. The third-order valence-electron chi connectivity index (χ3n) is 7.48. The smallest absolute Gasteiger partial charge is 0.317 e. The van der Waals surface area contributed by atoms with Gasteiger partial charge < -0.3 is 15.1 Å². The fourth-order valence-electron chi connectivity index (χ4n) is 5.43. The summed E-state index contributed by atoms with van der Waals surface area (Å²) in [7, 11) is 0. The highest BCUT2D eigenvalue weighted by molar-refractivity contribution is 5.74. The Labute approximate surface area is 162 Å². The first-order chi connectivity index (χ1) is 13.0. The van der Waals surface area contributed by atoms with Gasteiger partial charge in [0.05, 0.1) is 0 Å². The largest absolute Gasteiger partial charge is 0.353 e. The van der Waals surface area contributed by atoms with E-state index in [9.17, 15) is 4.79 Å². The summed E-state index contributed by atoms with van der Waals surface area (Å²) >= 11 is 0. The number of rotatable bonds is 4. The molecule has 6 nitrogen and oxygen atoms in total. The van der Waals surface area contributed by atoms with Crippen LogP contribution in [-0.2, 0) is 6.42 Å². The molecule has 2 bridgehead atoms. The molecular formula is C21H33N5O. The summed E-state index contributed by atoms with van der Waals surface area (Å²) in [6.45, 7) is 10.9. The molecule has 3 aliphatic carbocycles. The predicted molar refractivity (Wildman–Crippen MR) is 107 cm³/mol. The Morgan fingerprint density at radius 1 is 1.22 bits per heavy atom. The predicted octanol–water partition coefficient (Wildman–Crippen LogP) is 2.94. The maximum absolute atomic E-state index is 12.6. The Hall–Kier alpha value is -1.85. The zero-order valence-corrected chi connectivity index (χ0v) is 16.9. The lowest BCUT2D eigenvalue weighted by molar-refractivity contribution is -0.103. The van der Waals surface area contributed by atoms with Crippen LogP contribution < -0.4 is 10.2 Å². The summed E-state index contributed by atoms with van der Waals surface area (Å²) in [5.41, 5.74) is 1.54. The molecule has 148 valence electrons. The zero-order valence-electron chi connectivity index (χ0n) is 16.9. The fraction of sp³-hybridized carbons (Fsp3) is 0.762. The molecule has 4 aliphatic rings. The number of aryl methyl sites for hydroxylation is 1. The lowest BCUT2D eigenvalue weighted by Crippen LogP contribution is -2.56. The van der Waals surface area contributed by atoms with E-state index < -0.39 is 0 Å². The van der Waals surface area contributed by atoms with Gasteiger partial charge in [-0.05, 0) is 48.9 Å². The highest BCUT2D eigenvalue weighted by atomic mass is 16.2. The molecule has 3 atom stereocenters. The molecule has 1 aromatic rings. The van der Waals surface area contributed by atoms with E-state index >= 15 is 0 Å². The van der Waals surface area contributed by atoms with Gasteiger partial charge in [-0.3, -0.25) is 0 Å². The molecule has 4 fully saturated rings. The molecular weight excluding hydrogens is 338 g/mol. The Balaban J connectivity index is 1.25. The number of amides is 2. The molecule has 27 heavy (non-hydrogen) atoms. The van der Waals surface area contributed by atoms with Gasteiger partial charge in [-0.25, -0.2) is 14.8 Å². The van der Waals surface area contributed by atoms with E-state index in [0.29, 0.717) is 11.3 Å². The van der Waals surface area contributed by atoms with Gasteiger partial charge in [0.2, 0.25) is 0 Å². The molecule has 6 heteroatoms. The van der Waals surface area contributed by atoms with E-state index in [4.69, 9.17) is 0 Å². The van der Waals surface area contributed by atoms with Crippen LogP contribution >= 0.6 is 0 Å². The van der Waals surface area contributed by atoms with Gasteiger partial charge in [0.15, 0.2) is 0 Å². The lowest BCUT2D eigenvalue weighted by Gasteiger charge is -2.60. The normalized spacial score (nSPS) is 29.2. The molecule has 1 N–H and O–H groups in total. The first-order valence-electron chi connectivity index (χ1n) is 10.6. The Morgan fingerprint density at radius 2 is 2.00 bits per heavy atom. The SMILES string of the molecule is CCc1cc(N2CCN(C(=O)NC[C@H]3CC[C@@H]4C[C@H]3C4(C)C)CC2)ncn1. The number of urea groups is 1. The molecule has 0 aromatic carbocycles. The second kappa shape index (κ2) is 7.28. The molecule has 3 saturated carbocycles. The quantitative estimate of drug-likeness (QED) is 0.884. The first-order valence-corrected chi connectivity index (χ1v) is 10.6. The van der Waals surface area contributed by atoms with Crippen LogP contribution in [0.25, 0.3) is 0 Å². The van der Waals surface area contributed by atoms with E-state index in [1.165, 1.54) is 19.3 Å². The fourth-order valence-corrected chi connectivity index (χ4v) is 5.43. The second-order valence-corrected chi connectivity index (χ2v) is 9.08. The average molecular weight is 372 g/mol. The van der Waals surface area contributed by atoms with Crippen molar-refractivity contribution in [2.45, 2.75) is 46.5 Å². The van der Waals surface area contributed by atoms with Crippen LogP contribution in [0, 0.1) is 23.2 Å². The lowest BCUT2D eigenvalue weighted by atomic mass is 9.45. The van der Waals surface area contributed by atoms with Crippen LogP contribution in [0.2, 0.25) is 0 Å². The van der Waals surface area contributed by atoms with Crippen LogP contribution in [0.1, 0.15) is 45.7 Å². The van der Waals surface area contributed by atoms with Gasteiger partial charge in [0.25, 0.3) is 0 Å². The molecule has 0 spiro atoms. The third-order valence-corrected chi connectivity index (χ3v) is 7.48. The second-order valence-electron chi connectivity index (χ2n) is 9.08. The summed E-state index contributed by atoms with van der Waals surface area (Å²) in [6.07, 6.45) is 6.54. The van der Waals surface area contributed by atoms with Crippen molar-refractivity contribution in [2.24, 2.45) is 23.2 Å². The van der Waals surface area contributed by atoms with Crippen molar-refractivity contribution in [1.29, 1.82) is 0 Å². The number of nitrogens with zero attached hydrogens (tertiary/aromatic N) is 4. The summed E-state index contributed by atoms with van der Waals surface area (Å²) in [4.78, 5) is 25.5. The van der Waals surface area contributed by atoms with E-state index in [1.807, 2.05) is 4.90 Å². The van der Waals surface area contributed by atoms with Crippen molar-refractivity contribution in [1.82, 2.24) is 20.2 Å². The van der Waals surface area contributed by atoms with Gasteiger partial charge in [-0.15, -0.1) is 0 Å². The van der Waals surface area contributed by atoms with E-state index in [2.05, 4.69) is 47.0 Å². The molecule has 2 heterocycles. The summed E-state index contributed by atoms with van der Waals surface area (Å²) in [5, 5.41) is 3.23. The minimum atomic E-state index is 0.103. The van der Waals surface area contributed by atoms with E-state index in [0.717, 1.165) is 62.5 Å². The highest BCUT2D eigenvalue weighted by Gasteiger charge is 2.53. The van der Waals surface area contributed by atoms with Gasteiger partial charge in [0.1, 0.15) is 12.1 Å². The van der Waals surface area contributed by atoms with Crippen LogP contribution in [0.4, 0.5) is 10.6 Å². The Kier molecular flexibility index (Phi) is 4.99. The van der Waals surface area contributed by atoms with Crippen molar-refractivity contribution < 1.29 is 4.79 Å². The van der Waals surface area contributed by atoms with E-state index in [-0.39, 0.29) is 6.03 Å². The zero-order chi connectivity index (χ0) is 19.0. The summed E-state index contributed by atoms with van der Waals surface area (Å²) in [5.74, 6) is 3.34. The highest BCUT2D eigenvalue weighted by Crippen LogP contribution is 2.61. The number of piperazine rings is 1. The molecule has 2 amide bonds. The monoisotopic (exact) mass is 371 g/mol. The van der Waals surface area contributed by atoms with Crippen molar-refractivity contribution >= 4 is 11.8 Å². The van der Waals surface area contributed by atoms with Crippen molar-refractivity contribution in [3.8, 4) is 0 Å². The number of anilines is 1. The number of fused-ring (bicyclic) bond motifs is 2. The standard InChI is InChI=1S/C21H33N5O/c1-4-17-12-19(24-14-23-17)25-7-9-26(10-8-25)20(27)22-13-15-5-6-16-11-18(15)21(16,2)3/h12,14-16,18H,4-11,13H2,1-3H3,(H,22,27)/t15-,16-,18-/m1/s1. The van der Waals surface area contributed by atoms with Crippen LogP contribution in [-0.4, -0.2) is 53.6 Å². The Morgan fingerprint density at radius 3 is 2.67 bits per heavy atom. The van der Waals surface area contributed by atoms with E-state index in [1.54, 1.807) is 6.33 Å². The number of carbonyl (C=O) groups is 1. The summed E-state index contributed by atoms with van der Waals surface area (Å²) in [6, 6.07) is 2.16. The molecule has 1 aromatic heterocycles. The Bertz CT molecular complexity index is 681. The third kappa shape index (κ3) is 3.50. The molecule has 5 rings (SSSR count). The number of nitrogens with one attached hydrogen (secondary N) is 1. The van der Waals surface area contributed by atoms with Crippen LogP contribution in [0.5, 0.6) is 0 Å². The number of hydrogen-bond donors (Lipinski definition) is 1. The molecule has 0 radical (unpaired) electrons. The van der Waals surface area contributed by atoms with Gasteiger partial charge in [-0.1, -0.05) is 20.8 Å². The minimum absolute atomic E-state index is 0.103. The number of hydrogen-bond acceptors (Lipinski definition) is 4. The minimum Gasteiger partial charge on any atom is -0.353 e. The maximum Gasteiger partial charge on any atom is 0.317 e. The van der Waals surface area contributed by atoms with Crippen LogP contribution in [0.15, 0.2) is 12.4 Å². The van der Waals surface area contributed by atoms with Crippen molar-refractivity contribution in [3.05, 3.63) is 18.1 Å². The number of aromatic nitrogens is 2. The summed E-state index contributed by atoms with van der Waals surface area (Å²) < 4.78 is 0. The molecule has 1 saturated heterocycles. The van der Waals surface area contributed by atoms with Crippen molar-refractivity contribution in [3.63, 3.8) is 0 Å². The topological polar surface area (TPSA) is 61.4 Å². The molecule has 0 unspecified atom stereocenters. The average Bonchev–Trinajstić information content (AvgIpc) is 2.72. The maximum atomic E-state index is 12.6. The van der Waals surface area contributed by atoms with Gasteiger partial charge >= 0.3 is 6.03 Å². The van der Waals surface area contributed by atoms with Gasteiger partial charge in [0, 0.05) is 44.5 Å². The van der Waals surface area contributed by atoms with Gasteiger partial charge in [-0.2, -0.15) is 0 Å². The van der Waals surface area contributed by atoms with Crippen molar-refractivity contribution in [2.75, 3.05) is 37.6 Å².